The molecule has 0 saturated heterocycles. The summed E-state index contributed by atoms with van der Waals surface area (Å²) >= 11 is 2.71. The predicted molar refractivity (Wildman–Crippen MR) is 142 cm³/mol. The van der Waals surface area contributed by atoms with Crippen LogP contribution in [0.5, 0.6) is 0 Å². The summed E-state index contributed by atoms with van der Waals surface area (Å²) in [5.41, 5.74) is 3.85. The van der Waals surface area contributed by atoms with E-state index in [0.29, 0.717) is 26.5 Å². The number of amides is 1. The SMILES string of the molecule is O=C(/C=C/c1cn(-c2ccccc2)nc1-c1ccc(F)cc1)Nc1nnc(SCc2ccc(F)cc2)s1. The molecule has 2 aromatic heterocycles. The van der Waals surface area contributed by atoms with Crippen LogP contribution < -0.4 is 5.32 Å². The molecular weight excluding hydrogens is 512 g/mol. The fraction of sp³-hybridized carbons (Fsp3) is 0.0370. The first kappa shape index (κ1) is 24.5. The van der Waals surface area contributed by atoms with Crippen LogP contribution in [-0.4, -0.2) is 25.9 Å². The van der Waals surface area contributed by atoms with Crippen LogP contribution in [0.25, 0.3) is 23.0 Å². The van der Waals surface area contributed by atoms with Crippen LogP contribution in [0.15, 0.2) is 95.5 Å². The van der Waals surface area contributed by atoms with E-state index < -0.39 is 0 Å². The Balaban J connectivity index is 1.29. The van der Waals surface area contributed by atoms with E-state index in [1.807, 2.05) is 36.5 Å². The van der Waals surface area contributed by atoms with Crippen molar-refractivity contribution in [2.45, 2.75) is 10.1 Å². The van der Waals surface area contributed by atoms with Gasteiger partial charge in [0.2, 0.25) is 11.0 Å². The lowest BCUT2D eigenvalue weighted by molar-refractivity contribution is -0.111. The number of nitrogens with one attached hydrogen (secondary N) is 1. The number of thioether (sulfide) groups is 1. The molecule has 0 aliphatic heterocycles. The highest BCUT2D eigenvalue weighted by atomic mass is 32.2. The van der Waals surface area contributed by atoms with Crippen molar-refractivity contribution in [2.75, 3.05) is 5.32 Å². The Labute approximate surface area is 219 Å². The molecule has 0 atom stereocenters. The van der Waals surface area contributed by atoms with Gasteiger partial charge in [-0.1, -0.05) is 53.4 Å². The molecule has 184 valence electrons. The van der Waals surface area contributed by atoms with Crippen LogP contribution in [0.2, 0.25) is 0 Å². The molecule has 0 spiro atoms. The molecule has 6 nitrogen and oxygen atoms in total. The molecule has 37 heavy (non-hydrogen) atoms. The maximum Gasteiger partial charge on any atom is 0.250 e. The maximum atomic E-state index is 13.5. The van der Waals surface area contributed by atoms with Crippen LogP contribution >= 0.6 is 23.1 Å². The maximum absolute atomic E-state index is 13.5. The lowest BCUT2D eigenvalue weighted by Gasteiger charge is -2.00. The molecule has 2 heterocycles. The fourth-order valence-corrected chi connectivity index (χ4v) is 5.12. The molecular formula is C27H19F2N5OS2. The van der Waals surface area contributed by atoms with Gasteiger partial charge in [0.1, 0.15) is 11.6 Å². The van der Waals surface area contributed by atoms with E-state index in [2.05, 4.69) is 20.6 Å². The van der Waals surface area contributed by atoms with Gasteiger partial charge in [-0.3, -0.25) is 10.1 Å². The molecule has 5 rings (SSSR count). The average Bonchev–Trinajstić information content (AvgIpc) is 3.55. The standard InChI is InChI=1S/C27H19F2N5OS2/c28-21-11-6-18(7-12-21)17-36-27-32-31-26(37-27)30-24(35)15-10-20-16-34(23-4-2-1-3-5-23)33-25(20)19-8-13-22(29)14-9-19/h1-16H,17H2,(H,30,31,35)/b15-10+. The number of carbonyl (C=O) groups excluding carboxylic acids is 1. The quantitative estimate of drug-likeness (QED) is 0.139. The van der Waals surface area contributed by atoms with E-state index in [9.17, 15) is 13.6 Å². The van der Waals surface area contributed by atoms with Gasteiger partial charge in [0.15, 0.2) is 4.34 Å². The highest BCUT2D eigenvalue weighted by Crippen LogP contribution is 2.29. The lowest BCUT2D eigenvalue weighted by atomic mass is 10.1. The van der Waals surface area contributed by atoms with E-state index in [1.54, 1.807) is 35.0 Å². The molecule has 1 N–H and O–H groups in total. The first-order valence-electron chi connectivity index (χ1n) is 11.1. The van der Waals surface area contributed by atoms with Gasteiger partial charge in [-0.25, -0.2) is 13.5 Å². The number of nitrogens with zero attached hydrogens (tertiary/aromatic N) is 4. The predicted octanol–water partition coefficient (Wildman–Crippen LogP) is 6.61. The summed E-state index contributed by atoms with van der Waals surface area (Å²) in [6, 6.07) is 21.9. The summed E-state index contributed by atoms with van der Waals surface area (Å²) in [7, 11) is 0. The van der Waals surface area contributed by atoms with Gasteiger partial charge in [0, 0.05) is 29.2 Å². The second kappa shape index (κ2) is 11.3. The minimum absolute atomic E-state index is 0.278. The van der Waals surface area contributed by atoms with E-state index in [0.717, 1.165) is 16.8 Å². The Kier molecular flexibility index (Phi) is 7.48. The molecule has 1 amide bonds. The highest BCUT2D eigenvalue weighted by Gasteiger charge is 2.12. The van der Waals surface area contributed by atoms with E-state index in [-0.39, 0.29) is 17.5 Å². The van der Waals surface area contributed by atoms with E-state index in [4.69, 9.17) is 0 Å². The average molecular weight is 532 g/mol. The van der Waals surface area contributed by atoms with Crippen LogP contribution in [0.4, 0.5) is 13.9 Å². The van der Waals surface area contributed by atoms with Gasteiger partial charge in [-0.15, -0.1) is 10.2 Å². The van der Waals surface area contributed by atoms with Crippen molar-refractivity contribution in [3.63, 3.8) is 0 Å². The number of hydrogen-bond donors (Lipinski definition) is 1. The van der Waals surface area contributed by atoms with Gasteiger partial charge in [-0.2, -0.15) is 5.10 Å². The number of halogens is 2. The minimum atomic E-state index is -0.372. The molecule has 0 aliphatic rings. The van der Waals surface area contributed by atoms with Gasteiger partial charge in [0.25, 0.3) is 0 Å². The number of para-hydroxylation sites is 1. The van der Waals surface area contributed by atoms with Gasteiger partial charge in [0.05, 0.1) is 11.4 Å². The number of anilines is 1. The van der Waals surface area contributed by atoms with Crippen molar-refractivity contribution in [1.29, 1.82) is 0 Å². The summed E-state index contributed by atoms with van der Waals surface area (Å²) in [5, 5.41) is 15.9. The molecule has 0 saturated carbocycles. The first-order valence-corrected chi connectivity index (χ1v) is 12.9. The molecule has 10 heteroatoms. The Morgan fingerprint density at radius 1 is 0.946 bits per heavy atom. The molecule has 0 fully saturated rings. The number of aromatic nitrogens is 4. The van der Waals surface area contributed by atoms with Crippen LogP contribution in [-0.2, 0) is 10.5 Å². The second-order valence-electron chi connectivity index (χ2n) is 7.83. The van der Waals surface area contributed by atoms with Crippen molar-refractivity contribution < 1.29 is 13.6 Å². The van der Waals surface area contributed by atoms with Gasteiger partial charge < -0.3 is 0 Å². The summed E-state index contributed by atoms with van der Waals surface area (Å²) in [4.78, 5) is 12.6. The molecule has 5 aromatic rings. The van der Waals surface area contributed by atoms with E-state index >= 15 is 0 Å². The molecule has 0 unspecified atom stereocenters. The lowest BCUT2D eigenvalue weighted by Crippen LogP contribution is -2.07. The summed E-state index contributed by atoms with van der Waals surface area (Å²) in [6.07, 6.45) is 4.87. The fourth-order valence-electron chi connectivity index (χ4n) is 3.41. The van der Waals surface area contributed by atoms with Crippen molar-refractivity contribution in [1.82, 2.24) is 20.0 Å². The molecule has 3 aromatic carbocycles. The smallest absolute Gasteiger partial charge is 0.250 e. The zero-order valence-electron chi connectivity index (χ0n) is 19.2. The third kappa shape index (κ3) is 6.35. The first-order chi connectivity index (χ1) is 18.0. The Morgan fingerprint density at radius 3 is 2.38 bits per heavy atom. The Bertz CT molecular complexity index is 1530. The monoisotopic (exact) mass is 531 g/mol. The number of benzene rings is 3. The zero-order chi connectivity index (χ0) is 25.6. The number of hydrogen-bond acceptors (Lipinski definition) is 6. The molecule has 0 radical (unpaired) electrons. The third-order valence-electron chi connectivity index (χ3n) is 5.21. The normalized spacial score (nSPS) is 11.2. The third-order valence-corrected chi connectivity index (χ3v) is 7.25. The second-order valence-corrected chi connectivity index (χ2v) is 10.0. The summed E-state index contributed by atoms with van der Waals surface area (Å²) in [6.45, 7) is 0. The van der Waals surface area contributed by atoms with E-state index in [1.165, 1.54) is 53.4 Å². The van der Waals surface area contributed by atoms with Crippen molar-refractivity contribution >= 4 is 40.2 Å². The topological polar surface area (TPSA) is 72.7 Å². The number of rotatable bonds is 8. The Hall–Kier alpha value is -4.15. The van der Waals surface area contributed by atoms with Gasteiger partial charge in [-0.05, 0) is 60.2 Å². The molecule has 0 bridgehead atoms. The molecule has 0 aliphatic carbocycles. The largest absolute Gasteiger partial charge is 0.297 e. The van der Waals surface area contributed by atoms with Crippen molar-refractivity contribution in [3.05, 3.63) is 114 Å². The summed E-state index contributed by atoms with van der Waals surface area (Å²) in [5.74, 6) is -0.376. The Morgan fingerprint density at radius 2 is 1.65 bits per heavy atom. The minimum Gasteiger partial charge on any atom is -0.297 e. The van der Waals surface area contributed by atoms with Crippen LogP contribution in [0, 0.1) is 11.6 Å². The number of carbonyl (C=O) groups is 1. The van der Waals surface area contributed by atoms with Gasteiger partial charge >= 0.3 is 0 Å². The van der Waals surface area contributed by atoms with Crippen molar-refractivity contribution in [3.8, 4) is 16.9 Å². The van der Waals surface area contributed by atoms with Crippen LogP contribution in [0.1, 0.15) is 11.1 Å². The highest BCUT2D eigenvalue weighted by molar-refractivity contribution is 8.00. The van der Waals surface area contributed by atoms with Crippen LogP contribution in [0.3, 0.4) is 0 Å². The zero-order valence-corrected chi connectivity index (χ0v) is 20.8. The van der Waals surface area contributed by atoms with Crippen molar-refractivity contribution in [2.24, 2.45) is 0 Å². The summed E-state index contributed by atoms with van der Waals surface area (Å²) < 4.78 is 28.9.